The average Bonchev–Trinajstić information content (AvgIpc) is 2.54. The minimum atomic E-state index is -3.37. The molecule has 0 radical (unpaired) electrons. The topological polar surface area (TPSA) is 71.5 Å². The normalized spacial score (nSPS) is 20.5. The number of piperidine rings is 1. The molecule has 1 aliphatic heterocycles. The van der Waals surface area contributed by atoms with Crippen molar-refractivity contribution < 1.29 is 16.8 Å². The molecule has 1 unspecified atom stereocenters. The van der Waals surface area contributed by atoms with Crippen LogP contribution < -0.4 is 0 Å². The van der Waals surface area contributed by atoms with Gasteiger partial charge < -0.3 is 0 Å². The van der Waals surface area contributed by atoms with Crippen LogP contribution in [0.15, 0.2) is 35.2 Å². The first kappa shape index (κ1) is 18.4. The number of hydrogen-bond acceptors (Lipinski definition) is 4. The second kappa shape index (κ2) is 7.77. The van der Waals surface area contributed by atoms with E-state index in [0.29, 0.717) is 24.4 Å². The summed E-state index contributed by atoms with van der Waals surface area (Å²) in [5, 5.41) is 0. The third-order valence-corrected chi connectivity index (χ3v) is 8.01. The van der Waals surface area contributed by atoms with Crippen molar-refractivity contribution in [3.8, 4) is 0 Å². The van der Waals surface area contributed by atoms with Crippen molar-refractivity contribution in [3.05, 3.63) is 30.3 Å². The third-order valence-electron chi connectivity index (χ3n) is 4.19. The van der Waals surface area contributed by atoms with E-state index in [4.69, 9.17) is 0 Å². The third kappa shape index (κ3) is 5.02. The van der Waals surface area contributed by atoms with Crippen molar-refractivity contribution in [2.24, 2.45) is 5.92 Å². The molecule has 1 aromatic rings. The first-order valence-corrected chi connectivity index (χ1v) is 11.4. The molecule has 1 fully saturated rings. The van der Waals surface area contributed by atoms with Gasteiger partial charge in [-0.05, 0) is 37.3 Å². The van der Waals surface area contributed by atoms with Crippen LogP contribution >= 0.6 is 0 Å². The van der Waals surface area contributed by atoms with Gasteiger partial charge in [0.1, 0.15) is 0 Å². The van der Waals surface area contributed by atoms with E-state index in [1.165, 1.54) is 4.31 Å². The van der Waals surface area contributed by atoms with Gasteiger partial charge in [-0.15, -0.1) is 0 Å². The monoisotopic (exact) mass is 359 g/mol. The van der Waals surface area contributed by atoms with Gasteiger partial charge in [0.2, 0.25) is 10.0 Å². The fourth-order valence-corrected chi connectivity index (χ4v) is 6.32. The van der Waals surface area contributed by atoms with E-state index >= 15 is 0 Å². The molecule has 0 amide bonds. The maximum Gasteiger partial charge on any atom is 0.214 e. The highest BCUT2D eigenvalue weighted by Crippen LogP contribution is 2.24. The number of rotatable bonds is 7. The summed E-state index contributed by atoms with van der Waals surface area (Å²) in [6.45, 7) is 2.78. The average molecular weight is 360 g/mol. The number of nitrogens with zero attached hydrogens (tertiary/aromatic N) is 1. The van der Waals surface area contributed by atoms with E-state index in [1.54, 1.807) is 30.3 Å². The second-order valence-electron chi connectivity index (χ2n) is 6.13. The Morgan fingerprint density at radius 1 is 1.13 bits per heavy atom. The van der Waals surface area contributed by atoms with E-state index in [2.05, 4.69) is 0 Å². The predicted molar refractivity (Wildman–Crippen MR) is 91.5 cm³/mol. The molecule has 1 aliphatic rings. The standard InChI is InChI=1S/C16H25NO4S2/c1-2-3-12-23(20,21)17-11-7-8-15(13-17)14-22(18,19)16-9-5-4-6-10-16/h4-6,9-10,15H,2-3,7-8,11-14H2,1H3. The SMILES string of the molecule is CCCCS(=O)(=O)N1CCCC(CS(=O)(=O)c2ccccc2)C1. The molecule has 130 valence electrons. The van der Waals surface area contributed by atoms with Crippen LogP contribution in [0, 0.1) is 5.92 Å². The molecule has 5 nitrogen and oxygen atoms in total. The number of unbranched alkanes of at least 4 members (excludes halogenated alkanes) is 1. The summed E-state index contributed by atoms with van der Waals surface area (Å²) in [4.78, 5) is 0.311. The molecule has 7 heteroatoms. The summed E-state index contributed by atoms with van der Waals surface area (Å²) in [7, 11) is -6.63. The van der Waals surface area contributed by atoms with E-state index in [-0.39, 0.29) is 17.4 Å². The Balaban J connectivity index is 2.04. The number of benzene rings is 1. The van der Waals surface area contributed by atoms with Crippen molar-refractivity contribution in [3.63, 3.8) is 0 Å². The van der Waals surface area contributed by atoms with Gasteiger partial charge in [-0.25, -0.2) is 21.1 Å². The first-order valence-electron chi connectivity index (χ1n) is 8.11. The summed E-state index contributed by atoms with van der Waals surface area (Å²) in [5.41, 5.74) is 0. The van der Waals surface area contributed by atoms with Gasteiger partial charge in [0, 0.05) is 13.1 Å². The molecular weight excluding hydrogens is 334 g/mol. The molecule has 1 saturated heterocycles. The van der Waals surface area contributed by atoms with Crippen LogP contribution in [0.5, 0.6) is 0 Å². The Morgan fingerprint density at radius 3 is 2.48 bits per heavy atom. The molecule has 0 aromatic heterocycles. The van der Waals surface area contributed by atoms with Gasteiger partial charge in [-0.2, -0.15) is 0 Å². The van der Waals surface area contributed by atoms with Crippen LogP contribution in [0.1, 0.15) is 32.6 Å². The van der Waals surface area contributed by atoms with Gasteiger partial charge in [-0.1, -0.05) is 31.5 Å². The van der Waals surface area contributed by atoms with E-state index < -0.39 is 19.9 Å². The lowest BCUT2D eigenvalue weighted by Gasteiger charge is -2.31. The van der Waals surface area contributed by atoms with Crippen molar-refractivity contribution in [1.82, 2.24) is 4.31 Å². The summed E-state index contributed by atoms with van der Waals surface area (Å²) in [6, 6.07) is 8.37. The maximum absolute atomic E-state index is 12.5. The number of hydrogen-bond donors (Lipinski definition) is 0. The van der Waals surface area contributed by atoms with Crippen molar-refractivity contribution in [2.45, 2.75) is 37.5 Å². The van der Waals surface area contributed by atoms with Gasteiger partial charge in [0.15, 0.2) is 9.84 Å². The van der Waals surface area contributed by atoms with Gasteiger partial charge in [0.05, 0.1) is 16.4 Å². The zero-order valence-electron chi connectivity index (χ0n) is 13.5. The molecule has 23 heavy (non-hydrogen) atoms. The second-order valence-corrected chi connectivity index (χ2v) is 10.3. The fraction of sp³-hybridized carbons (Fsp3) is 0.625. The highest BCUT2D eigenvalue weighted by molar-refractivity contribution is 7.91. The zero-order chi connectivity index (χ0) is 16.9. The largest absolute Gasteiger partial charge is 0.224 e. The molecule has 0 aliphatic carbocycles. The van der Waals surface area contributed by atoms with Crippen LogP contribution in [-0.4, -0.2) is 45.7 Å². The van der Waals surface area contributed by atoms with Crippen LogP contribution in [-0.2, 0) is 19.9 Å². The molecule has 0 spiro atoms. The van der Waals surface area contributed by atoms with Gasteiger partial charge in [0.25, 0.3) is 0 Å². The minimum absolute atomic E-state index is 0.0107. The molecule has 1 atom stereocenters. The smallest absolute Gasteiger partial charge is 0.214 e. The van der Waals surface area contributed by atoms with Crippen LogP contribution in [0.2, 0.25) is 0 Å². The lowest BCUT2D eigenvalue weighted by atomic mass is 10.0. The Hall–Kier alpha value is -0.920. The first-order chi connectivity index (χ1) is 10.8. The molecule has 0 bridgehead atoms. The molecule has 0 N–H and O–H groups in total. The van der Waals surface area contributed by atoms with Crippen LogP contribution in [0.25, 0.3) is 0 Å². The Bertz CT molecular complexity index is 699. The fourth-order valence-electron chi connectivity index (χ4n) is 2.91. The van der Waals surface area contributed by atoms with Gasteiger partial charge >= 0.3 is 0 Å². The predicted octanol–water partition coefficient (Wildman–Crippen LogP) is 2.30. The lowest BCUT2D eigenvalue weighted by molar-refractivity contribution is 0.282. The van der Waals surface area contributed by atoms with E-state index in [1.807, 2.05) is 6.92 Å². The van der Waals surface area contributed by atoms with E-state index in [9.17, 15) is 16.8 Å². The zero-order valence-corrected chi connectivity index (χ0v) is 15.2. The number of sulfonamides is 1. The highest BCUT2D eigenvalue weighted by Gasteiger charge is 2.31. The Kier molecular flexibility index (Phi) is 6.22. The Morgan fingerprint density at radius 2 is 1.83 bits per heavy atom. The molecule has 1 aromatic carbocycles. The highest BCUT2D eigenvalue weighted by atomic mass is 32.2. The van der Waals surface area contributed by atoms with Crippen molar-refractivity contribution in [1.29, 1.82) is 0 Å². The molecule has 1 heterocycles. The van der Waals surface area contributed by atoms with Gasteiger partial charge in [-0.3, -0.25) is 0 Å². The summed E-state index contributed by atoms with van der Waals surface area (Å²) >= 11 is 0. The van der Waals surface area contributed by atoms with Crippen molar-refractivity contribution in [2.75, 3.05) is 24.6 Å². The maximum atomic E-state index is 12.5. The minimum Gasteiger partial charge on any atom is -0.224 e. The lowest BCUT2D eigenvalue weighted by Crippen LogP contribution is -2.42. The van der Waals surface area contributed by atoms with E-state index in [0.717, 1.165) is 19.3 Å². The molecule has 2 rings (SSSR count). The summed E-state index contributed by atoms with van der Waals surface area (Å²) in [6.07, 6.45) is 2.96. The van der Waals surface area contributed by atoms with Crippen molar-refractivity contribution >= 4 is 19.9 Å². The molecule has 0 saturated carbocycles. The summed E-state index contributed by atoms with van der Waals surface area (Å²) < 4.78 is 51.0. The Labute approximate surface area is 139 Å². The number of sulfone groups is 1. The van der Waals surface area contributed by atoms with Crippen LogP contribution in [0.3, 0.4) is 0 Å². The molecular formula is C16H25NO4S2. The van der Waals surface area contributed by atoms with Crippen LogP contribution in [0.4, 0.5) is 0 Å². The summed E-state index contributed by atoms with van der Waals surface area (Å²) in [5.74, 6) is 0.0312. The quantitative estimate of drug-likeness (QED) is 0.749.